The highest BCUT2D eigenvalue weighted by Crippen LogP contribution is 2.47. The Bertz CT molecular complexity index is 1290. The van der Waals surface area contributed by atoms with Crippen molar-refractivity contribution in [2.24, 2.45) is 5.41 Å². The Morgan fingerprint density at radius 3 is 2.31 bits per heavy atom. The Balaban J connectivity index is 1.73. The van der Waals surface area contributed by atoms with Crippen molar-refractivity contribution in [2.45, 2.75) is 71.5 Å². The van der Waals surface area contributed by atoms with Crippen molar-refractivity contribution < 1.29 is 40.6 Å². The zero-order valence-corrected chi connectivity index (χ0v) is 22.4. The van der Waals surface area contributed by atoms with Gasteiger partial charge in [0.1, 0.15) is 11.9 Å². The van der Waals surface area contributed by atoms with Gasteiger partial charge in [0.25, 0.3) is 0 Å². The maximum absolute atomic E-state index is 13.6. The number of rotatable bonds is 5. The highest BCUT2D eigenvalue weighted by Gasteiger charge is 2.43. The molecule has 0 N–H and O–H groups in total. The summed E-state index contributed by atoms with van der Waals surface area (Å²) in [5.74, 6) is 0.296. The quantitative estimate of drug-likeness (QED) is 0.347. The lowest BCUT2D eigenvalue weighted by Gasteiger charge is -2.36. The van der Waals surface area contributed by atoms with Gasteiger partial charge in [-0.15, -0.1) is 0 Å². The van der Waals surface area contributed by atoms with Crippen LogP contribution < -0.4 is 4.74 Å². The minimum Gasteiger partial charge on any atom is -0.496 e. The van der Waals surface area contributed by atoms with E-state index in [0.717, 1.165) is 36.3 Å². The second-order valence-electron chi connectivity index (χ2n) is 11.1. The van der Waals surface area contributed by atoms with Crippen LogP contribution in [0.15, 0.2) is 42.0 Å². The molecule has 0 unspecified atom stereocenters. The van der Waals surface area contributed by atoms with E-state index in [0.29, 0.717) is 35.3 Å². The summed E-state index contributed by atoms with van der Waals surface area (Å²) in [6.07, 6.45) is -8.99. The Morgan fingerprint density at radius 1 is 1.03 bits per heavy atom. The Morgan fingerprint density at radius 2 is 1.69 bits per heavy atom. The molecule has 2 atom stereocenters. The number of alkyl halides is 6. The molecular weight excluding hydrogens is 524 g/mol. The predicted octanol–water partition coefficient (Wildman–Crippen LogP) is 8.59. The van der Waals surface area contributed by atoms with Crippen molar-refractivity contribution >= 4 is 11.7 Å². The smallest absolute Gasteiger partial charge is 0.416 e. The van der Waals surface area contributed by atoms with Crippen molar-refractivity contribution in [3.05, 3.63) is 69.8 Å². The molecule has 1 aliphatic heterocycles. The predicted molar refractivity (Wildman–Crippen MR) is 134 cm³/mol. The summed E-state index contributed by atoms with van der Waals surface area (Å²) in [6.45, 7) is 7.42. The van der Waals surface area contributed by atoms with Crippen LogP contribution in [-0.4, -0.2) is 30.7 Å². The van der Waals surface area contributed by atoms with E-state index in [1.54, 1.807) is 19.9 Å². The average molecular weight is 556 g/mol. The fraction of sp³-hybridized carbons (Fsp3) is 0.483. The normalized spacial score (nSPS) is 21.8. The largest absolute Gasteiger partial charge is 0.496 e. The van der Waals surface area contributed by atoms with Gasteiger partial charge in [-0.2, -0.15) is 26.3 Å². The molecule has 1 saturated heterocycles. The van der Waals surface area contributed by atoms with Crippen LogP contribution in [0.25, 0.3) is 5.57 Å². The molecule has 2 aromatic carbocycles. The molecule has 4 nitrogen and oxygen atoms in total. The summed E-state index contributed by atoms with van der Waals surface area (Å²) >= 11 is 0. The molecule has 0 saturated carbocycles. The molecular formula is C29H31F6NO3. The summed E-state index contributed by atoms with van der Waals surface area (Å²) in [7, 11) is 1.39. The first-order valence-corrected chi connectivity index (χ1v) is 12.6. The lowest BCUT2D eigenvalue weighted by Crippen LogP contribution is -2.35. The van der Waals surface area contributed by atoms with Crippen molar-refractivity contribution in [3.8, 4) is 5.75 Å². The third kappa shape index (κ3) is 6.04. The summed E-state index contributed by atoms with van der Waals surface area (Å²) in [6, 6.07) is 6.32. The third-order valence-electron chi connectivity index (χ3n) is 7.53. The second kappa shape index (κ2) is 10.1. The Kier molecular flexibility index (Phi) is 7.46. The Hall–Kier alpha value is -3.17. The lowest BCUT2D eigenvalue weighted by atomic mass is 9.72. The topological polar surface area (TPSA) is 38.8 Å². The maximum atomic E-state index is 13.6. The number of nitrogens with zero attached hydrogens (tertiary/aromatic N) is 1. The summed E-state index contributed by atoms with van der Waals surface area (Å²) in [5.41, 5.74) is 0.602. The molecule has 0 aromatic heterocycles. The molecule has 1 aliphatic carbocycles. The minimum atomic E-state index is -4.55. The molecule has 1 heterocycles. The number of hydrogen-bond donors (Lipinski definition) is 0. The van der Waals surface area contributed by atoms with Crippen LogP contribution in [0.1, 0.15) is 74.0 Å². The van der Waals surface area contributed by atoms with E-state index in [9.17, 15) is 31.1 Å². The van der Waals surface area contributed by atoms with Gasteiger partial charge in [0.2, 0.25) is 0 Å². The number of cyclic esters (lactones) is 1. The van der Waals surface area contributed by atoms with Gasteiger partial charge in [0, 0.05) is 12.1 Å². The van der Waals surface area contributed by atoms with E-state index >= 15 is 0 Å². The van der Waals surface area contributed by atoms with Crippen molar-refractivity contribution in [1.29, 1.82) is 0 Å². The number of halogens is 6. The van der Waals surface area contributed by atoms with Crippen LogP contribution >= 0.6 is 0 Å². The number of benzene rings is 2. The molecule has 2 aromatic rings. The first-order valence-electron chi connectivity index (χ1n) is 12.6. The van der Waals surface area contributed by atoms with E-state index in [2.05, 4.69) is 0 Å². The fourth-order valence-electron chi connectivity index (χ4n) is 5.52. The van der Waals surface area contributed by atoms with Crippen LogP contribution in [0.5, 0.6) is 5.75 Å². The molecule has 0 radical (unpaired) electrons. The lowest BCUT2D eigenvalue weighted by molar-refractivity contribution is -0.138. The molecule has 212 valence electrons. The molecule has 0 bridgehead atoms. The van der Waals surface area contributed by atoms with E-state index in [1.807, 2.05) is 13.8 Å². The van der Waals surface area contributed by atoms with E-state index in [1.165, 1.54) is 18.1 Å². The molecule has 10 heteroatoms. The minimum absolute atomic E-state index is 0.0760. The van der Waals surface area contributed by atoms with Crippen molar-refractivity contribution in [1.82, 2.24) is 4.90 Å². The van der Waals surface area contributed by atoms with Gasteiger partial charge in [-0.1, -0.05) is 25.5 Å². The number of methoxy groups -OCH3 is 1. The van der Waals surface area contributed by atoms with Gasteiger partial charge in [0.05, 0.1) is 24.3 Å². The first-order chi connectivity index (χ1) is 18.0. The summed E-state index contributed by atoms with van der Waals surface area (Å²) in [4.78, 5) is 14.4. The van der Waals surface area contributed by atoms with Gasteiger partial charge >= 0.3 is 18.4 Å². The first kappa shape index (κ1) is 28.8. The summed E-state index contributed by atoms with van der Waals surface area (Å²) < 4.78 is 91.9. The number of ether oxygens (including phenoxy) is 2. The summed E-state index contributed by atoms with van der Waals surface area (Å²) in [5, 5.41) is 0. The SMILES string of the molecule is COc1ccc(C(F)(F)F)cc1C1=C(CN2C(=O)O[C@H](c3cc(C)cc(C(F)(F)F)c3)[C@@H]2C)CC(C)(C)CC1. The molecule has 39 heavy (non-hydrogen) atoms. The average Bonchev–Trinajstić information content (AvgIpc) is 3.10. The van der Waals surface area contributed by atoms with E-state index in [-0.39, 0.29) is 17.5 Å². The fourth-order valence-corrected chi connectivity index (χ4v) is 5.52. The van der Waals surface area contributed by atoms with Crippen LogP contribution in [0, 0.1) is 12.3 Å². The van der Waals surface area contributed by atoms with Crippen LogP contribution in [-0.2, 0) is 17.1 Å². The van der Waals surface area contributed by atoms with Crippen LogP contribution in [0.4, 0.5) is 31.1 Å². The Labute approximate surface area is 223 Å². The maximum Gasteiger partial charge on any atom is 0.416 e. The van der Waals surface area contributed by atoms with Crippen molar-refractivity contribution in [3.63, 3.8) is 0 Å². The van der Waals surface area contributed by atoms with Crippen LogP contribution in [0.3, 0.4) is 0 Å². The number of amides is 1. The number of hydrogen-bond acceptors (Lipinski definition) is 3. The zero-order chi connectivity index (χ0) is 28.9. The molecule has 1 amide bonds. The van der Waals surface area contributed by atoms with Gasteiger partial charge in [0.15, 0.2) is 0 Å². The van der Waals surface area contributed by atoms with Crippen molar-refractivity contribution in [2.75, 3.05) is 13.7 Å². The molecule has 0 spiro atoms. The zero-order valence-electron chi connectivity index (χ0n) is 22.4. The van der Waals surface area contributed by atoms with Gasteiger partial charge in [-0.3, -0.25) is 4.90 Å². The number of allylic oxidation sites excluding steroid dienone is 1. The monoisotopic (exact) mass is 555 g/mol. The standard InChI is InChI=1S/C29H31F6NO3/c1-16-10-18(12-21(11-16)29(33,34)35)25-17(2)36(26(37)39-25)15-19-14-27(3,4)9-8-22(19)23-13-20(28(30,31)32)6-7-24(23)38-5/h6-7,10-13,17,25H,8-9,14-15H2,1-5H3/t17-,25-/m0/s1. The van der Waals surface area contributed by atoms with E-state index < -0.39 is 41.7 Å². The van der Waals surface area contributed by atoms with Gasteiger partial charge < -0.3 is 9.47 Å². The molecule has 2 aliphatic rings. The molecule has 1 fully saturated rings. The second-order valence-corrected chi connectivity index (χ2v) is 11.1. The number of carbonyl (C=O) groups is 1. The van der Waals surface area contributed by atoms with Crippen LogP contribution in [0.2, 0.25) is 0 Å². The molecule has 4 rings (SSSR count). The number of carbonyl (C=O) groups excluding carboxylic acids is 1. The van der Waals surface area contributed by atoms with Gasteiger partial charge in [-0.25, -0.2) is 4.79 Å². The third-order valence-corrected chi connectivity index (χ3v) is 7.53. The number of aryl methyl sites for hydroxylation is 1. The highest BCUT2D eigenvalue weighted by atomic mass is 19.4. The van der Waals surface area contributed by atoms with Gasteiger partial charge in [-0.05, 0) is 85.6 Å². The van der Waals surface area contributed by atoms with E-state index in [4.69, 9.17) is 9.47 Å². The highest BCUT2D eigenvalue weighted by molar-refractivity contribution is 5.77.